The van der Waals surface area contributed by atoms with Crippen LogP contribution in [0, 0.1) is 5.92 Å². The van der Waals surface area contributed by atoms with Crippen molar-refractivity contribution in [2.24, 2.45) is 5.92 Å². The van der Waals surface area contributed by atoms with Crippen molar-refractivity contribution in [3.63, 3.8) is 0 Å². The lowest BCUT2D eigenvalue weighted by Crippen LogP contribution is -2.50. The van der Waals surface area contributed by atoms with Crippen LogP contribution >= 0.6 is 0 Å². The normalized spacial score (nSPS) is 17.6. The number of hydrogen-bond donors (Lipinski definition) is 2. The van der Waals surface area contributed by atoms with Gasteiger partial charge < -0.3 is 20.2 Å². The minimum absolute atomic E-state index is 0.00339. The summed E-state index contributed by atoms with van der Waals surface area (Å²) in [6, 6.07) is 0. The highest BCUT2D eigenvalue weighted by Gasteiger charge is 2.27. The highest BCUT2D eigenvalue weighted by Crippen LogP contribution is 2.17. The monoisotopic (exact) mass is 285 g/mol. The fourth-order valence-electron chi connectivity index (χ4n) is 2.12. The molecular weight excluding hydrogens is 258 g/mol. The van der Waals surface area contributed by atoms with Crippen molar-refractivity contribution in [1.29, 1.82) is 0 Å². The van der Waals surface area contributed by atoms with E-state index >= 15 is 0 Å². The third-order valence-corrected chi connectivity index (χ3v) is 4.24. The lowest BCUT2D eigenvalue weighted by molar-refractivity contribution is -0.145. The zero-order chi connectivity index (χ0) is 15.3. The summed E-state index contributed by atoms with van der Waals surface area (Å²) in [6.45, 7) is 6.38. The van der Waals surface area contributed by atoms with Gasteiger partial charge in [-0.05, 0) is 40.8 Å². The number of carboxylic acid groups (broad SMARTS) is 1. The number of amides is 1. The lowest BCUT2D eigenvalue weighted by Gasteiger charge is -2.34. The number of piperidine rings is 1. The predicted molar refractivity (Wildman–Crippen MR) is 77.6 cm³/mol. The van der Waals surface area contributed by atoms with Crippen LogP contribution in [0.2, 0.25) is 0 Å². The predicted octanol–water partition coefficient (Wildman–Crippen LogP) is 0.239. The number of nitrogens with one attached hydrogen (secondary N) is 1. The number of carbonyl (C=O) groups is 2. The molecule has 116 valence electrons. The molecule has 1 rings (SSSR count). The van der Waals surface area contributed by atoms with Crippen molar-refractivity contribution in [3.05, 3.63) is 0 Å². The molecule has 1 amide bonds. The molecule has 0 aromatic carbocycles. The van der Waals surface area contributed by atoms with E-state index in [2.05, 4.69) is 24.1 Å². The molecule has 0 atom stereocenters. The van der Waals surface area contributed by atoms with Gasteiger partial charge in [0.1, 0.15) is 0 Å². The lowest BCUT2D eigenvalue weighted by atomic mass is 9.97. The third-order valence-electron chi connectivity index (χ3n) is 4.24. The summed E-state index contributed by atoms with van der Waals surface area (Å²) in [5.74, 6) is -0.981. The van der Waals surface area contributed by atoms with Crippen LogP contribution in [-0.2, 0) is 9.59 Å². The van der Waals surface area contributed by atoms with Gasteiger partial charge in [0.2, 0.25) is 5.91 Å². The molecule has 2 N–H and O–H groups in total. The van der Waals surface area contributed by atoms with Gasteiger partial charge in [0, 0.05) is 25.2 Å². The number of carboxylic acids is 1. The Kier molecular flexibility index (Phi) is 5.95. The zero-order valence-corrected chi connectivity index (χ0v) is 13.0. The van der Waals surface area contributed by atoms with Gasteiger partial charge in [-0.2, -0.15) is 0 Å². The van der Waals surface area contributed by atoms with Gasteiger partial charge >= 0.3 is 5.97 Å². The van der Waals surface area contributed by atoms with Gasteiger partial charge in [-0.15, -0.1) is 0 Å². The van der Waals surface area contributed by atoms with Gasteiger partial charge in [0.15, 0.2) is 0 Å². The summed E-state index contributed by atoms with van der Waals surface area (Å²) in [5, 5.41) is 12.1. The SMILES string of the molecule is CN(C)C(C)(C)CNCC(=O)N1CCC(C(=O)O)CC1. The van der Waals surface area contributed by atoms with Crippen LogP contribution in [0.25, 0.3) is 0 Å². The fourth-order valence-corrected chi connectivity index (χ4v) is 2.12. The molecule has 0 bridgehead atoms. The second-order valence-electron chi connectivity index (χ2n) is 6.30. The molecule has 1 fully saturated rings. The van der Waals surface area contributed by atoms with Crippen LogP contribution in [0.4, 0.5) is 0 Å². The minimum Gasteiger partial charge on any atom is -0.481 e. The molecule has 0 radical (unpaired) electrons. The zero-order valence-electron chi connectivity index (χ0n) is 13.0. The molecule has 6 heteroatoms. The first-order chi connectivity index (χ1) is 9.24. The van der Waals surface area contributed by atoms with E-state index in [0.29, 0.717) is 32.5 Å². The second kappa shape index (κ2) is 7.04. The summed E-state index contributed by atoms with van der Waals surface area (Å²) in [5.41, 5.74) is -0.00339. The average molecular weight is 285 g/mol. The molecule has 6 nitrogen and oxygen atoms in total. The Morgan fingerprint density at radius 3 is 2.30 bits per heavy atom. The summed E-state index contributed by atoms with van der Waals surface area (Å²) < 4.78 is 0. The smallest absolute Gasteiger partial charge is 0.306 e. The molecule has 0 aromatic rings. The maximum atomic E-state index is 12.0. The first-order valence-corrected chi connectivity index (χ1v) is 7.13. The number of likely N-dealkylation sites (N-methyl/N-ethyl adjacent to an activating group) is 1. The van der Waals surface area contributed by atoms with E-state index in [1.54, 1.807) is 4.90 Å². The van der Waals surface area contributed by atoms with Crippen molar-refractivity contribution in [1.82, 2.24) is 15.1 Å². The van der Waals surface area contributed by atoms with E-state index in [0.717, 1.165) is 6.54 Å². The molecule has 20 heavy (non-hydrogen) atoms. The Morgan fingerprint density at radius 2 is 1.85 bits per heavy atom. The second-order valence-corrected chi connectivity index (χ2v) is 6.30. The molecule has 0 saturated carbocycles. The topological polar surface area (TPSA) is 72.9 Å². The molecule has 0 unspecified atom stereocenters. The van der Waals surface area contributed by atoms with Crippen molar-refractivity contribution in [2.75, 3.05) is 40.3 Å². The molecule has 0 aromatic heterocycles. The van der Waals surface area contributed by atoms with Crippen molar-refractivity contribution in [3.8, 4) is 0 Å². The van der Waals surface area contributed by atoms with E-state index in [9.17, 15) is 9.59 Å². The number of aliphatic carboxylic acids is 1. The van der Waals surface area contributed by atoms with Crippen LogP contribution in [-0.4, -0.2) is 72.6 Å². The summed E-state index contributed by atoms with van der Waals surface area (Å²) in [4.78, 5) is 26.8. The number of carbonyl (C=O) groups excluding carboxylic acids is 1. The van der Waals surface area contributed by atoms with Gasteiger partial charge in [-0.3, -0.25) is 9.59 Å². The van der Waals surface area contributed by atoms with Crippen LogP contribution in [0.3, 0.4) is 0 Å². The molecule has 1 heterocycles. The Balaban J connectivity index is 2.29. The number of rotatable bonds is 6. The van der Waals surface area contributed by atoms with Gasteiger partial charge in [0.25, 0.3) is 0 Å². The number of hydrogen-bond acceptors (Lipinski definition) is 4. The highest BCUT2D eigenvalue weighted by molar-refractivity contribution is 5.78. The van der Waals surface area contributed by atoms with Crippen molar-refractivity contribution >= 4 is 11.9 Å². The van der Waals surface area contributed by atoms with Gasteiger partial charge in [0.05, 0.1) is 12.5 Å². The van der Waals surface area contributed by atoms with Crippen LogP contribution in [0.1, 0.15) is 26.7 Å². The largest absolute Gasteiger partial charge is 0.481 e. The number of nitrogens with zero attached hydrogens (tertiary/aromatic N) is 2. The fraction of sp³-hybridized carbons (Fsp3) is 0.857. The van der Waals surface area contributed by atoms with Crippen LogP contribution in [0.15, 0.2) is 0 Å². The molecule has 0 spiro atoms. The quantitative estimate of drug-likeness (QED) is 0.731. The van der Waals surface area contributed by atoms with E-state index < -0.39 is 5.97 Å². The average Bonchev–Trinajstić information content (AvgIpc) is 2.38. The molecule has 1 saturated heterocycles. The van der Waals surface area contributed by atoms with E-state index in [4.69, 9.17) is 5.11 Å². The van der Waals surface area contributed by atoms with Crippen molar-refractivity contribution in [2.45, 2.75) is 32.2 Å². The van der Waals surface area contributed by atoms with E-state index in [1.165, 1.54) is 0 Å². The molecule has 1 aliphatic rings. The molecule has 0 aliphatic carbocycles. The molecular formula is C14H27N3O3. The van der Waals surface area contributed by atoms with Crippen molar-refractivity contribution < 1.29 is 14.7 Å². The maximum absolute atomic E-state index is 12.0. The van der Waals surface area contributed by atoms with Crippen LogP contribution in [0.5, 0.6) is 0 Å². The highest BCUT2D eigenvalue weighted by atomic mass is 16.4. The van der Waals surface area contributed by atoms with E-state index in [-0.39, 0.29) is 17.4 Å². The Hall–Kier alpha value is -1.14. The van der Waals surface area contributed by atoms with Gasteiger partial charge in [-0.1, -0.05) is 0 Å². The summed E-state index contributed by atoms with van der Waals surface area (Å²) >= 11 is 0. The Bertz CT molecular complexity index is 348. The maximum Gasteiger partial charge on any atom is 0.306 e. The number of likely N-dealkylation sites (tertiary alicyclic amines) is 1. The summed E-state index contributed by atoms with van der Waals surface area (Å²) in [7, 11) is 4.03. The Labute approximate surface area is 121 Å². The minimum atomic E-state index is -0.747. The van der Waals surface area contributed by atoms with Crippen LogP contribution < -0.4 is 5.32 Å². The first-order valence-electron chi connectivity index (χ1n) is 7.13. The third kappa shape index (κ3) is 4.76. The first kappa shape index (κ1) is 16.9. The van der Waals surface area contributed by atoms with Gasteiger partial charge in [-0.25, -0.2) is 0 Å². The van der Waals surface area contributed by atoms with E-state index in [1.807, 2.05) is 14.1 Å². The standard InChI is InChI=1S/C14H27N3O3/c1-14(2,16(3)4)10-15-9-12(18)17-7-5-11(6-8-17)13(19)20/h11,15H,5-10H2,1-4H3,(H,19,20). The Morgan fingerprint density at radius 1 is 1.30 bits per heavy atom. The summed E-state index contributed by atoms with van der Waals surface area (Å²) in [6.07, 6.45) is 1.12. The molecule has 1 aliphatic heterocycles.